The topological polar surface area (TPSA) is 37.3 Å². The molecule has 48 valence electrons. The molecule has 0 saturated heterocycles. The summed E-state index contributed by atoms with van der Waals surface area (Å²) >= 11 is 0. The Hall–Kier alpha value is -0.725. The van der Waals surface area contributed by atoms with E-state index < -0.39 is 5.97 Å². The molecular formula is C6H9BO2. The molecule has 9 heavy (non-hydrogen) atoms. The first-order chi connectivity index (χ1) is 4.30. The van der Waals surface area contributed by atoms with Gasteiger partial charge in [-0.25, -0.2) is 0 Å². The Labute approximate surface area is 54.8 Å². The van der Waals surface area contributed by atoms with Crippen LogP contribution in [0.25, 0.3) is 0 Å². The first kappa shape index (κ1) is 6.40. The van der Waals surface area contributed by atoms with Gasteiger partial charge in [-0.05, 0) is 6.42 Å². The second-order valence-electron chi connectivity index (χ2n) is 2.30. The molecule has 2 nitrogen and oxygen atoms in total. The quantitative estimate of drug-likeness (QED) is 0.515. The number of carboxylic acids is 1. The average Bonchev–Trinajstić information content (AvgIpc) is 1.90. The molecular weight excluding hydrogens is 115 g/mol. The second-order valence-corrected chi connectivity index (χ2v) is 2.30. The van der Waals surface area contributed by atoms with Crippen molar-refractivity contribution in [2.45, 2.75) is 12.7 Å². The van der Waals surface area contributed by atoms with Crippen molar-refractivity contribution in [3.63, 3.8) is 0 Å². The van der Waals surface area contributed by atoms with Crippen LogP contribution in [0.3, 0.4) is 0 Å². The van der Waals surface area contributed by atoms with Gasteiger partial charge in [0, 0.05) is 0 Å². The first-order valence-corrected chi connectivity index (χ1v) is 3.20. The lowest BCUT2D eigenvalue weighted by atomic mass is 9.67. The van der Waals surface area contributed by atoms with Gasteiger partial charge < -0.3 is 5.11 Å². The summed E-state index contributed by atoms with van der Waals surface area (Å²) in [6.07, 6.45) is 3.62. The second kappa shape index (κ2) is 2.71. The Kier molecular flexibility index (Phi) is 1.93. The van der Waals surface area contributed by atoms with E-state index in [1.807, 2.05) is 5.98 Å². The SMILES string of the molecule is O=C(O)C1C=CBCC1. The highest BCUT2D eigenvalue weighted by atomic mass is 16.4. The zero-order valence-corrected chi connectivity index (χ0v) is 5.21. The molecule has 1 aliphatic rings. The third-order valence-electron chi connectivity index (χ3n) is 1.57. The Morgan fingerprint density at radius 3 is 2.89 bits per heavy atom. The maximum absolute atomic E-state index is 10.3. The van der Waals surface area contributed by atoms with Crippen molar-refractivity contribution >= 4 is 13.2 Å². The molecule has 0 radical (unpaired) electrons. The Bertz CT molecular complexity index is 142. The molecule has 1 N–H and O–H groups in total. The van der Waals surface area contributed by atoms with Crippen LogP contribution >= 0.6 is 0 Å². The minimum atomic E-state index is -0.689. The van der Waals surface area contributed by atoms with Crippen LogP contribution in [0.5, 0.6) is 0 Å². The molecule has 0 bridgehead atoms. The van der Waals surface area contributed by atoms with Gasteiger partial charge in [-0.1, -0.05) is 12.4 Å². The molecule has 1 rings (SSSR count). The van der Waals surface area contributed by atoms with Crippen LogP contribution in [0.15, 0.2) is 12.1 Å². The molecule has 0 aliphatic carbocycles. The number of carboxylic acid groups (broad SMARTS) is 1. The molecule has 1 unspecified atom stereocenters. The molecule has 1 heterocycles. The largest absolute Gasteiger partial charge is 0.481 e. The summed E-state index contributed by atoms with van der Waals surface area (Å²) in [7, 11) is 1.05. The summed E-state index contributed by atoms with van der Waals surface area (Å²) < 4.78 is 0. The fraction of sp³-hybridized carbons (Fsp3) is 0.500. The van der Waals surface area contributed by atoms with E-state index in [-0.39, 0.29) is 5.92 Å². The Morgan fingerprint density at radius 2 is 2.56 bits per heavy atom. The highest BCUT2D eigenvalue weighted by Crippen LogP contribution is 2.12. The summed E-state index contributed by atoms with van der Waals surface area (Å²) in [4.78, 5) is 10.3. The summed E-state index contributed by atoms with van der Waals surface area (Å²) in [5.74, 6) is 1.05. The van der Waals surface area contributed by atoms with E-state index in [0.717, 1.165) is 20.0 Å². The number of rotatable bonds is 1. The van der Waals surface area contributed by atoms with Crippen LogP contribution < -0.4 is 0 Å². The molecule has 0 amide bonds. The number of hydrogen-bond acceptors (Lipinski definition) is 1. The van der Waals surface area contributed by atoms with Crippen LogP contribution in [0, 0.1) is 5.92 Å². The molecule has 1 atom stereocenters. The number of aliphatic carboxylic acids is 1. The van der Waals surface area contributed by atoms with Gasteiger partial charge in [0.25, 0.3) is 0 Å². The fourth-order valence-electron chi connectivity index (χ4n) is 1.02. The molecule has 1 aliphatic heterocycles. The minimum Gasteiger partial charge on any atom is -0.481 e. The predicted molar refractivity (Wildman–Crippen MR) is 36.8 cm³/mol. The molecule has 0 spiro atoms. The summed E-state index contributed by atoms with van der Waals surface area (Å²) in [5.41, 5.74) is 0. The van der Waals surface area contributed by atoms with E-state index in [1.165, 1.54) is 0 Å². The maximum Gasteiger partial charge on any atom is 0.310 e. The number of carbonyl (C=O) groups is 1. The molecule has 0 aromatic carbocycles. The first-order valence-electron chi connectivity index (χ1n) is 3.20. The molecule has 0 aromatic heterocycles. The van der Waals surface area contributed by atoms with Gasteiger partial charge in [0.2, 0.25) is 0 Å². The van der Waals surface area contributed by atoms with Gasteiger partial charge >= 0.3 is 5.97 Å². The normalized spacial score (nSPS) is 25.1. The monoisotopic (exact) mass is 124 g/mol. The Morgan fingerprint density at radius 1 is 1.78 bits per heavy atom. The standard InChI is InChI=1S/C6H9BO2/c8-6(9)5-1-3-7-4-2-5/h1,3,5,7H,2,4H2,(H,8,9). The lowest BCUT2D eigenvalue weighted by Gasteiger charge is -2.09. The summed E-state index contributed by atoms with van der Waals surface area (Å²) in [5, 5.41) is 8.49. The van der Waals surface area contributed by atoms with Crippen molar-refractivity contribution in [2.75, 3.05) is 0 Å². The molecule has 0 fully saturated rings. The minimum absolute atomic E-state index is 0.209. The molecule has 0 saturated carbocycles. The van der Waals surface area contributed by atoms with Gasteiger partial charge in [-0.3, -0.25) is 4.79 Å². The van der Waals surface area contributed by atoms with E-state index in [2.05, 4.69) is 0 Å². The van der Waals surface area contributed by atoms with Gasteiger partial charge in [-0.2, -0.15) is 0 Å². The maximum atomic E-state index is 10.3. The van der Waals surface area contributed by atoms with Gasteiger partial charge in [-0.15, -0.1) is 5.98 Å². The van der Waals surface area contributed by atoms with E-state index in [1.54, 1.807) is 6.08 Å². The van der Waals surface area contributed by atoms with E-state index in [0.29, 0.717) is 0 Å². The van der Waals surface area contributed by atoms with Gasteiger partial charge in [0.05, 0.1) is 5.92 Å². The van der Waals surface area contributed by atoms with E-state index >= 15 is 0 Å². The lowest BCUT2D eigenvalue weighted by molar-refractivity contribution is -0.140. The van der Waals surface area contributed by atoms with Crippen molar-refractivity contribution < 1.29 is 9.90 Å². The van der Waals surface area contributed by atoms with Gasteiger partial charge in [0.1, 0.15) is 7.28 Å². The van der Waals surface area contributed by atoms with E-state index in [9.17, 15) is 4.79 Å². The highest BCUT2D eigenvalue weighted by Gasteiger charge is 2.15. The predicted octanol–water partition coefficient (Wildman–Crippen LogP) is 0.459. The smallest absolute Gasteiger partial charge is 0.310 e. The van der Waals surface area contributed by atoms with Crippen molar-refractivity contribution in [3.05, 3.63) is 12.1 Å². The van der Waals surface area contributed by atoms with Crippen LogP contribution in [0.4, 0.5) is 0 Å². The summed E-state index contributed by atoms with van der Waals surface area (Å²) in [6.45, 7) is 0. The third kappa shape index (κ3) is 1.59. The average molecular weight is 124 g/mol. The molecule has 0 aromatic rings. The van der Waals surface area contributed by atoms with Crippen LogP contribution in [-0.2, 0) is 4.79 Å². The Balaban J connectivity index is 2.50. The zero-order chi connectivity index (χ0) is 6.69. The van der Waals surface area contributed by atoms with E-state index in [4.69, 9.17) is 5.11 Å². The molecule has 3 heteroatoms. The lowest BCUT2D eigenvalue weighted by Crippen LogP contribution is -2.14. The third-order valence-corrected chi connectivity index (χ3v) is 1.57. The van der Waals surface area contributed by atoms with Crippen molar-refractivity contribution in [3.8, 4) is 0 Å². The highest BCUT2D eigenvalue weighted by molar-refractivity contribution is 6.42. The van der Waals surface area contributed by atoms with Crippen molar-refractivity contribution in [1.82, 2.24) is 0 Å². The van der Waals surface area contributed by atoms with Crippen molar-refractivity contribution in [1.29, 1.82) is 0 Å². The number of hydrogen-bond donors (Lipinski definition) is 1. The van der Waals surface area contributed by atoms with Crippen LogP contribution in [-0.4, -0.2) is 18.4 Å². The van der Waals surface area contributed by atoms with Gasteiger partial charge in [0.15, 0.2) is 0 Å². The fourth-order valence-corrected chi connectivity index (χ4v) is 1.02. The van der Waals surface area contributed by atoms with Crippen LogP contribution in [0.1, 0.15) is 6.42 Å². The van der Waals surface area contributed by atoms with Crippen molar-refractivity contribution in [2.24, 2.45) is 5.92 Å². The summed E-state index contributed by atoms with van der Waals surface area (Å²) in [6, 6.07) is 0. The zero-order valence-electron chi connectivity index (χ0n) is 5.21. The van der Waals surface area contributed by atoms with Crippen LogP contribution in [0.2, 0.25) is 6.32 Å².